The number of nitrogens with one attached hydrogen (secondary N) is 1. The standard InChI is InChI=1S/C25H27N5O3/c1-4-30-21-8-6-17(14-22(21)28(3)25(30)32)20-15-26-23(27-20)19-13-16(2)5-7-18(19)24(31)29-9-11-33-12-10-29/h5-8,13-15H,4,9-12H2,1-3H3,(H,26,27). The van der Waals surface area contributed by atoms with Gasteiger partial charge in [0.1, 0.15) is 5.82 Å². The summed E-state index contributed by atoms with van der Waals surface area (Å²) >= 11 is 0. The molecule has 0 unspecified atom stereocenters. The highest BCUT2D eigenvalue weighted by Crippen LogP contribution is 2.28. The molecule has 1 aliphatic rings. The van der Waals surface area contributed by atoms with Gasteiger partial charge in [-0.05, 0) is 38.1 Å². The Morgan fingerprint density at radius 1 is 1.12 bits per heavy atom. The van der Waals surface area contributed by atoms with Crippen LogP contribution >= 0.6 is 0 Å². The van der Waals surface area contributed by atoms with Gasteiger partial charge in [0.2, 0.25) is 0 Å². The lowest BCUT2D eigenvalue weighted by molar-refractivity contribution is 0.0303. The summed E-state index contributed by atoms with van der Waals surface area (Å²) in [6, 6.07) is 11.8. The number of H-pyrrole nitrogens is 1. The molecule has 0 spiro atoms. The van der Waals surface area contributed by atoms with Gasteiger partial charge in [-0.25, -0.2) is 9.78 Å². The van der Waals surface area contributed by atoms with E-state index in [-0.39, 0.29) is 11.6 Å². The van der Waals surface area contributed by atoms with Gasteiger partial charge in [0.25, 0.3) is 5.91 Å². The summed E-state index contributed by atoms with van der Waals surface area (Å²) in [4.78, 5) is 35.5. The van der Waals surface area contributed by atoms with E-state index in [9.17, 15) is 9.59 Å². The predicted molar refractivity (Wildman–Crippen MR) is 127 cm³/mol. The van der Waals surface area contributed by atoms with Crippen LogP contribution in [-0.2, 0) is 18.3 Å². The van der Waals surface area contributed by atoms with E-state index in [2.05, 4.69) is 9.97 Å². The predicted octanol–water partition coefficient (Wildman–Crippen LogP) is 3.20. The van der Waals surface area contributed by atoms with Crippen molar-refractivity contribution < 1.29 is 9.53 Å². The summed E-state index contributed by atoms with van der Waals surface area (Å²) in [5, 5.41) is 0. The Kier molecular flexibility index (Phi) is 5.38. The second-order valence-electron chi connectivity index (χ2n) is 8.39. The molecular formula is C25H27N5O3. The number of aromatic nitrogens is 4. The quantitative estimate of drug-likeness (QED) is 0.523. The fourth-order valence-corrected chi connectivity index (χ4v) is 4.46. The van der Waals surface area contributed by atoms with Gasteiger partial charge in [0.15, 0.2) is 0 Å². The van der Waals surface area contributed by atoms with Gasteiger partial charge in [-0.1, -0.05) is 17.7 Å². The molecule has 3 heterocycles. The molecule has 0 bridgehead atoms. The smallest absolute Gasteiger partial charge is 0.328 e. The van der Waals surface area contributed by atoms with Crippen LogP contribution in [-0.4, -0.2) is 56.2 Å². The van der Waals surface area contributed by atoms with Gasteiger partial charge < -0.3 is 14.6 Å². The fraction of sp³-hybridized carbons (Fsp3) is 0.320. The maximum atomic E-state index is 13.2. The highest BCUT2D eigenvalue weighted by Gasteiger charge is 2.23. The molecule has 0 aliphatic carbocycles. The average molecular weight is 446 g/mol. The van der Waals surface area contributed by atoms with E-state index >= 15 is 0 Å². The number of carbonyl (C=O) groups excluding carboxylic acids is 1. The first-order valence-corrected chi connectivity index (χ1v) is 11.2. The summed E-state index contributed by atoms with van der Waals surface area (Å²) < 4.78 is 8.82. The summed E-state index contributed by atoms with van der Waals surface area (Å²) in [5.74, 6) is 0.633. The van der Waals surface area contributed by atoms with Crippen LogP contribution in [0.5, 0.6) is 0 Å². The first kappa shape index (κ1) is 21.2. The molecule has 5 rings (SSSR count). The molecule has 170 valence electrons. The van der Waals surface area contributed by atoms with Crippen LogP contribution in [0.1, 0.15) is 22.8 Å². The van der Waals surface area contributed by atoms with Crippen LogP contribution in [0, 0.1) is 6.92 Å². The van der Waals surface area contributed by atoms with E-state index in [1.54, 1.807) is 22.4 Å². The Morgan fingerprint density at radius 2 is 1.91 bits per heavy atom. The largest absolute Gasteiger partial charge is 0.378 e. The number of hydrogen-bond acceptors (Lipinski definition) is 4. The molecule has 8 heteroatoms. The van der Waals surface area contributed by atoms with Gasteiger partial charge in [-0.3, -0.25) is 13.9 Å². The van der Waals surface area contributed by atoms with Crippen LogP contribution in [0.4, 0.5) is 0 Å². The minimum Gasteiger partial charge on any atom is -0.378 e. The van der Waals surface area contributed by atoms with E-state index < -0.39 is 0 Å². The number of hydrogen-bond donors (Lipinski definition) is 1. The lowest BCUT2D eigenvalue weighted by atomic mass is 10.0. The third kappa shape index (κ3) is 3.66. The molecule has 2 aromatic carbocycles. The van der Waals surface area contributed by atoms with Crippen molar-refractivity contribution in [1.29, 1.82) is 0 Å². The van der Waals surface area contributed by atoms with E-state index in [1.165, 1.54) is 0 Å². The number of benzene rings is 2. The van der Waals surface area contributed by atoms with E-state index in [4.69, 9.17) is 4.74 Å². The SMILES string of the molecule is CCn1c(=O)n(C)c2cc(-c3cnc(-c4cc(C)ccc4C(=O)N4CCOCC4)[nH]3)ccc21. The van der Waals surface area contributed by atoms with Crippen molar-refractivity contribution >= 4 is 16.9 Å². The Labute approximate surface area is 191 Å². The van der Waals surface area contributed by atoms with Crippen molar-refractivity contribution in [2.24, 2.45) is 7.05 Å². The fourth-order valence-electron chi connectivity index (χ4n) is 4.46. The number of aromatic amines is 1. The van der Waals surface area contributed by atoms with Crippen molar-refractivity contribution in [1.82, 2.24) is 24.0 Å². The molecule has 0 saturated carbocycles. The zero-order valence-corrected chi connectivity index (χ0v) is 19.1. The number of imidazole rings is 2. The minimum absolute atomic E-state index is 0.0106. The molecule has 4 aromatic rings. The van der Waals surface area contributed by atoms with Crippen LogP contribution in [0.25, 0.3) is 33.7 Å². The normalized spacial score (nSPS) is 14.2. The molecule has 1 N–H and O–H groups in total. The van der Waals surface area contributed by atoms with Gasteiger partial charge in [-0.15, -0.1) is 0 Å². The zero-order chi connectivity index (χ0) is 23.1. The second-order valence-corrected chi connectivity index (χ2v) is 8.39. The first-order chi connectivity index (χ1) is 16.0. The first-order valence-electron chi connectivity index (χ1n) is 11.2. The van der Waals surface area contributed by atoms with Gasteiger partial charge >= 0.3 is 5.69 Å². The van der Waals surface area contributed by atoms with Crippen molar-refractivity contribution in [3.63, 3.8) is 0 Å². The summed E-state index contributed by atoms with van der Waals surface area (Å²) in [7, 11) is 1.79. The number of aryl methyl sites for hydroxylation is 3. The molecule has 1 amide bonds. The molecule has 0 atom stereocenters. The van der Waals surface area contributed by atoms with Crippen LogP contribution in [0.15, 0.2) is 47.4 Å². The molecular weight excluding hydrogens is 418 g/mol. The Balaban J connectivity index is 1.54. The minimum atomic E-state index is -0.0269. The summed E-state index contributed by atoms with van der Waals surface area (Å²) in [6.45, 7) is 6.89. The number of carbonyl (C=O) groups is 1. The Bertz CT molecular complexity index is 1410. The number of morpholine rings is 1. The van der Waals surface area contributed by atoms with Crippen molar-refractivity contribution in [2.75, 3.05) is 26.3 Å². The Hall–Kier alpha value is -3.65. The maximum absolute atomic E-state index is 13.2. The molecule has 2 aromatic heterocycles. The third-order valence-corrected chi connectivity index (χ3v) is 6.31. The summed E-state index contributed by atoms with van der Waals surface area (Å²) in [6.07, 6.45) is 1.77. The molecule has 1 saturated heterocycles. The van der Waals surface area contributed by atoms with E-state index in [1.807, 2.05) is 55.1 Å². The molecule has 0 radical (unpaired) electrons. The van der Waals surface area contributed by atoms with Gasteiger partial charge in [0, 0.05) is 37.8 Å². The van der Waals surface area contributed by atoms with Crippen LogP contribution in [0.3, 0.4) is 0 Å². The van der Waals surface area contributed by atoms with Crippen molar-refractivity contribution in [3.8, 4) is 22.6 Å². The lowest BCUT2D eigenvalue weighted by Gasteiger charge is -2.27. The lowest BCUT2D eigenvalue weighted by Crippen LogP contribution is -2.40. The van der Waals surface area contributed by atoms with Gasteiger partial charge in [0.05, 0.1) is 41.7 Å². The summed E-state index contributed by atoms with van der Waals surface area (Å²) in [5.41, 5.74) is 5.97. The van der Waals surface area contributed by atoms with E-state index in [0.29, 0.717) is 44.2 Å². The van der Waals surface area contributed by atoms with Gasteiger partial charge in [-0.2, -0.15) is 0 Å². The second kappa shape index (κ2) is 8.37. The monoisotopic (exact) mass is 445 g/mol. The number of nitrogens with zero attached hydrogens (tertiary/aromatic N) is 4. The van der Waals surface area contributed by atoms with Crippen molar-refractivity contribution in [2.45, 2.75) is 20.4 Å². The van der Waals surface area contributed by atoms with E-state index in [0.717, 1.165) is 33.4 Å². The number of rotatable bonds is 4. The highest BCUT2D eigenvalue weighted by molar-refractivity contribution is 6.00. The molecule has 1 fully saturated rings. The van der Waals surface area contributed by atoms with Crippen molar-refractivity contribution in [3.05, 3.63) is 64.2 Å². The Morgan fingerprint density at radius 3 is 2.67 bits per heavy atom. The topological polar surface area (TPSA) is 85.2 Å². The highest BCUT2D eigenvalue weighted by atomic mass is 16.5. The number of fused-ring (bicyclic) bond motifs is 1. The van der Waals surface area contributed by atoms with Crippen LogP contribution in [0.2, 0.25) is 0 Å². The zero-order valence-electron chi connectivity index (χ0n) is 19.1. The number of amides is 1. The third-order valence-electron chi connectivity index (χ3n) is 6.31. The molecule has 8 nitrogen and oxygen atoms in total. The van der Waals surface area contributed by atoms with Crippen LogP contribution < -0.4 is 5.69 Å². The number of ether oxygens (including phenoxy) is 1. The molecule has 1 aliphatic heterocycles. The maximum Gasteiger partial charge on any atom is 0.328 e. The average Bonchev–Trinajstić information content (AvgIpc) is 3.42. The molecule has 33 heavy (non-hydrogen) atoms.